The highest BCUT2D eigenvalue weighted by molar-refractivity contribution is 14.1. The Morgan fingerprint density at radius 2 is 2.15 bits per heavy atom. The van der Waals surface area contributed by atoms with Crippen LogP contribution in [0.25, 0.3) is 10.1 Å². The smallest absolute Gasteiger partial charge is 0.0356 e. The fourth-order valence-electron chi connectivity index (χ4n) is 1.34. The Morgan fingerprint density at radius 1 is 1.38 bits per heavy atom. The van der Waals surface area contributed by atoms with Gasteiger partial charge in [-0.05, 0) is 58.7 Å². The number of halogens is 2. The Hall–Kier alpha value is 0.390. The van der Waals surface area contributed by atoms with E-state index in [1.165, 1.54) is 24.1 Å². The number of hydrogen-bond acceptors (Lipinski definition) is 1. The van der Waals surface area contributed by atoms with Crippen LogP contribution in [0.15, 0.2) is 18.2 Å². The lowest BCUT2D eigenvalue weighted by Gasteiger charge is -1.99. The highest BCUT2D eigenvalue weighted by Gasteiger charge is 2.03. The fourth-order valence-corrected chi connectivity index (χ4v) is 4.15. The van der Waals surface area contributed by atoms with Crippen molar-refractivity contribution < 1.29 is 0 Å². The molecule has 1 aromatic heterocycles. The summed E-state index contributed by atoms with van der Waals surface area (Å²) in [7, 11) is 0. The number of thiophene rings is 1. The normalized spacial score (nSPS) is 11.0. The van der Waals surface area contributed by atoms with Crippen molar-refractivity contribution in [3.05, 3.63) is 32.2 Å². The van der Waals surface area contributed by atoms with E-state index in [1.54, 1.807) is 0 Å². The Morgan fingerprint density at radius 3 is 2.85 bits per heavy atom. The summed E-state index contributed by atoms with van der Waals surface area (Å²) < 4.78 is 2.75. The molecule has 0 atom stereocenters. The maximum absolute atomic E-state index is 3.50. The number of alkyl halides is 1. The molecule has 3 heteroatoms. The molecule has 0 aliphatic carbocycles. The van der Waals surface area contributed by atoms with Gasteiger partial charge in [-0.2, -0.15) is 0 Å². The number of fused-ring (bicyclic) bond motifs is 1. The first-order valence-corrected chi connectivity index (χ1v) is 6.97. The maximum atomic E-state index is 3.50. The van der Waals surface area contributed by atoms with Crippen molar-refractivity contribution in [2.24, 2.45) is 0 Å². The molecule has 0 unspecified atom stereocenters. The molecule has 1 heterocycles. The predicted molar refractivity (Wildman–Crippen MR) is 71.9 cm³/mol. The van der Waals surface area contributed by atoms with E-state index in [9.17, 15) is 0 Å². The molecule has 0 aliphatic heterocycles. The molecule has 0 spiro atoms. The van der Waals surface area contributed by atoms with Crippen molar-refractivity contribution in [1.29, 1.82) is 0 Å². The Kier molecular flexibility index (Phi) is 2.95. The first-order chi connectivity index (χ1) is 6.20. The van der Waals surface area contributed by atoms with Gasteiger partial charge in [0, 0.05) is 18.5 Å². The summed E-state index contributed by atoms with van der Waals surface area (Å²) in [6.45, 7) is 2.16. The second-order valence-corrected chi connectivity index (χ2v) is 5.98. The molecule has 2 rings (SSSR count). The summed E-state index contributed by atoms with van der Waals surface area (Å²) in [4.78, 5) is 1.39. The number of benzene rings is 1. The lowest BCUT2D eigenvalue weighted by Crippen LogP contribution is -1.81. The standard InChI is InChI=1S/C10H8BrIS/c1-6-2-7-3-8(5-11)9(12)4-10(7)13-6/h2-4H,5H2,1H3. The van der Waals surface area contributed by atoms with Crippen molar-refractivity contribution in [3.8, 4) is 0 Å². The van der Waals surface area contributed by atoms with Crippen LogP contribution in [-0.4, -0.2) is 0 Å². The van der Waals surface area contributed by atoms with E-state index >= 15 is 0 Å². The molecule has 0 fully saturated rings. The van der Waals surface area contributed by atoms with Gasteiger partial charge in [0.05, 0.1) is 0 Å². The topological polar surface area (TPSA) is 0 Å². The summed E-state index contributed by atoms with van der Waals surface area (Å²) in [6, 6.07) is 6.79. The molecule has 0 radical (unpaired) electrons. The van der Waals surface area contributed by atoms with Crippen molar-refractivity contribution >= 4 is 59.9 Å². The number of rotatable bonds is 1. The zero-order valence-electron chi connectivity index (χ0n) is 7.10. The predicted octanol–water partition coefficient (Wildman–Crippen LogP) is 4.71. The molecule has 0 saturated heterocycles. The first-order valence-electron chi connectivity index (χ1n) is 3.95. The largest absolute Gasteiger partial charge is 0.141 e. The van der Waals surface area contributed by atoms with Crippen LogP contribution in [0, 0.1) is 10.5 Å². The summed E-state index contributed by atoms with van der Waals surface area (Å²) in [5, 5.41) is 2.31. The van der Waals surface area contributed by atoms with E-state index in [-0.39, 0.29) is 0 Å². The second kappa shape index (κ2) is 3.87. The molecule has 0 N–H and O–H groups in total. The molecule has 0 saturated carbocycles. The van der Waals surface area contributed by atoms with Crippen molar-refractivity contribution in [3.63, 3.8) is 0 Å². The molecular formula is C10H8BrIS. The van der Waals surface area contributed by atoms with E-state index in [1.807, 2.05) is 11.3 Å². The average Bonchev–Trinajstić information content (AvgIpc) is 2.42. The number of aryl methyl sites for hydroxylation is 1. The van der Waals surface area contributed by atoms with Gasteiger partial charge >= 0.3 is 0 Å². The zero-order valence-corrected chi connectivity index (χ0v) is 11.7. The number of hydrogen-bond donors (Lipinski definition) is 0. The first kappa shape index (κ1) is 9.93. The molecule has 0 nitrogen and oxygen atoms in total. The minimum absolute atomic E-state index is 0.941. The quantitative estimate of drug-likeness (QED) is 0.506. The van der Waals surface area contributed by atoms with Crippen LogP contribution < -0.4 is 0 Å². The molecule has 2 aromatic rings. The Bertz CT molecular complexity index is 447. The minimum atomic E-state index is 0.941. The monoisotopic (exact) mass is 366 g/mol. The van der Waals surface area contributed by atoms with Crippen LogP contribution in [-0.2, 0) is 5.33 Å². The van der Waals surface area contributed by atoms with Crippen molar-refractivity contribution in [2.75, 3.05) is 0 Å². The summed E-state index contributed by atoms with van der Waals surface area (Å²) >= 11 is 7.76. The second-order valence-electron chi connectivity index (χ2n) is 2.97. The minimum Gasteiger partial charge on any atom is -0.141 e. The van der Waals surface area contributed by atoms with E-state index in [0.717, 1.165) is 5.33 Å². The van der Waals surface area contributed by atoms with E-state index in [0.29, 0.717) is 0 Å². The highest BCUT2D eigenvalue weighted by Crippen LogP contribution is 2.29. The van der Waals surface area contributed by atoms with Gasteiger partial charge in [0.1, 0.15) is 0 Å². The van der Waals surface area contributed by atoms with Gasteiger partial charge in [-0.3, -0.25) is 0 Å². The molecule has 68 valence electrons. The third-order valence-corrected chi connectivity index (χ3v) is 4.57. The SMILES string of the molecule is Cc1cc2cc(CBr)c(I)cc2s1. The molecule has 0 amide bonds. The van der Waals surface area contributed by atoms with Gasteiger partial charge < -0.3 is 0 Å². The van der Waals surface area contributed by atoms with Crippen LogP contribution in [0.2, 0.25) is 0 Å². The van der Waals surface area contributed by atoms with Crippen LogP contribution >= 0.6 is 49.9 Å². The van der Waals surface area contributed by atoms with Crippen LogP contribution in [0.5, 0.6) is 0 Å². The van der Waals surface area contributed by atoms with Gasteiger partial charge in [-0.15, -0.1) is 11.3 Å². The van der Waals surface area contributed by atoms with Crippen LogP contribution in [0.1, 0.15) is 10.4 Å². The summed E-state index contributed by atoms with van der Waals surface area (Å²) in [6.07, 6.45) is 0. The van der Waals surface area contributed by atoms with E-state index in [4.69, 9.17) is 0 Å². The van der Waals surface area contributed by atoms with Crippen molar-refractivity contribution in [1.82, 2.24) is 0 Å². The Labute approximate surface area is 104 Å². The molecule has 1 aromatic carbocycles. The molecule has 13 heavy (non-hydrogen) atoms. The lowest BCUT2D eigenvalue weighted by atomic mass is 10.2. The third kappa shape index (κ3) is 1.92. The fraction of sp³-hybridized carbons (Fsp3) is 0.200. The summed E-state index contributed by atoms with van der Waals surface area (Å²) in [5.74, 6) is 0. The van der Waals surface area contributed by atoms with Crippen LogP contribution in [0.4, 0.5) is 0 Å². The maximum Gasteiger partial charge on any atom is 0.0356 e. The van der Waals surface area contributed by atoms with Gasteiger partial charge in [-0.1, -0.05) is 15.9 Å². The zero-order chi connectivity index (χ0) is 9.42. The molecule has 0 aliphatic rings. The van der Waals surface area contributed by atoms with E-state index in [2.05, 4.69) is 63.6 Å². The lowest BCUT2D eigenvalue weighted by molar-refractivity contribution is 1.43. The highest BCUT2D eigenvalue weighted by atomic mass is 127. The summed E-state index contributed by atoms with van der Waals surface area (Å²) in [5.41, 5.74) is 1.38. The third-order valence-electron chi connectivity index (χ3n) is 1.95. The Balaban J connectivity index is 2.72. The molecular weight excluding hydrogens is 359 g/mol. The van der Waals surface area contributed by atoms with Crippen molar-refractivity contribution in [2.45, 2.75) is 12.3 Å². The van der Waals surface area contributed by atoms with Crippen LogP contribution in [0.3, 0.4) is 0 Å². The average molecular weight is 367 g/mol. The van der Waals surface area contributed by atoms with Gasteiger partial charge in [0.25, 0.3) is 0 Å². The molecule has 0 bridgehead atoms. The van der Waals surface area contributed by atoms with Gasteiger partial charge in [0.2, 0.25) is 0 Å². The van der Waals surface area contributed by atoms with Gasteiger partial charge in [0.15, 0.2) is 0 Å². The van der Waals surface area contributed by atoms with E-state index < -0.39 is 0 Å². The van der Waals surface area contributed by atoms with Gasteiger partial charge in [-0.25, -0.2) is 0 Å².